The van der Waals surface area contributed by atoms with Crippen LogP contribution in [0, 0.1) is 5.92 Å². The second kappa shape index (κ2) is 3.59. The lowest BCUT2D eigenvalue weighted by Gasteiger charge is -2.01. The molecule has 2 heterocycles. The first-order chi connectivity index (χ1) is 7.83. The van der Waals surface area contributed by atoms with E-state index in [0.29, 0.717) is 23.8 Å². The molecule has 3 rings (SSSR count). The first kappa shape index (κ1) is 9.33. The highest BCUT2D eigenvalue weighted by atomic mass is 16.1. The van der Waals surface area contributed by atoms with Crippen LogP contribution in [0.3, 0.4) is 0 Å². The van der Waals surface area contributed by atoms with Crippen LogP contribution in [-0.4, -0.2) is 21.1 Å². The summed E-state index contributed by atoms with van der Waals surface area (Å²) in [5.41, 5.74) is 0.629. The van der Waals surface area contributed by atoms with Gasteiger partial charge in [-0.3, -0.25) is 9.89 Å². The fourth-order valence-corrected chi connectivity index (χ4v) is 1.72. The molecule has 5 heteroatoms. The van der Waals surface area contributed by atoms with E-state index < -0.39 is 0 Å². The molecule has 82 valence electrons. The normalized spacial score (nSPS) is 15.2. The molecule has 1 aliphatic carbocycles. The van der Waals surface area contributed by atoms with E-state index in [9.17, 15) is 4.79 Å². The molecule has 2 aromatic heterocycles. The summed E-state index contributed by atoms with van der Waals surface area (Å²) < 4.78 is 0. The van der Waals surface area contributed by atoms with E-state index in [4.69, 9.17) is 0 Å². The summed E-state index contributed by atoms with van der Waals surface area (Å²) in [6.07, 6.45) is 4.65. The molecule has 0 radical (unpaired) electrons. The van der Waals surface area contributed by atoms with Crippen molar-refractivity contribution < 1.29 is 4.79 Å². The van der Waals surface area contributed by atoms with E-state index in [0.717, 1.165) is 5.39 Å². The van der Waals surface area contributed by atoms with Crippen LogP contribution in [0.2, 0.25) is 0 Å². The number of nitrogens with zero attached hydrogens (tertiary/aromatic N) is 2. The molecule has 0 saturated heterocycles. The monoisotopic (exact) mass is 216 g/mol. The number of H-pyrrole nitrogens is 1. The second-order valence-corrected chi connectivity index (χ2v) is 4.17. The van der Waals surface area contributed by atoms with Crippen LogP contribution in [0.1, 0.15) is 19.3 Å². The van der Waals surface area contributed by atoms with Gasteiger partial charge in [0, 0.05) is 12.6 Å². The number of hydrogen-bond acceptors (Lipinski definition) is 3. The Balaban J connectivity index is 1.80. The summed E-state index contributed by atoms with van der Waals surface area (Å²) in [6.45, 7) is 0. The van der Waals surface area contributed by atoms with Crippen LogP contribution in [0.15, 0.2) is 18.3 Å². The summed E-state index contributed by atoms with van der Waals surface area (Å²) in [5.74, 6) is 1.29. The summed E-state index contributed by atoms with van der Waals surface area (Å²) >= 11 is 0. The number of pyridine rings is 1. The highest BCUT2D eigenvalue weighted by molar-refractivity contribution is 5.98. The number of nitrogens with one attached hydrogen (secondary N) is 2. The Morgan fingerprint density at radius 1 is 1.56 bits per heavy atom. The number of aromatic nitrogens is 3. The molecular weight excluding hydrogens is 204 g/mol. The highest BCUT2D eigenvalue weighted by Gasteiger charge is 2.24. The van der Waals surface area contributed by atoms with Gasteiger partial charge in [-0.2, -0.15) is 5.10 Å². The van der Waals surface area contributed by atoms with Gasteiger partial charge in [0.25, 0.3) is 0 Å². The quantitative estimate of drug-likeness (QED) is 0.820. The number of carbonyl (C=O) groups excluding carboxylic acids is 1. The predicted octanol–water partition coefficient (Wildman–Crippen LogP) is 1.70. The molecule has 1 saturated carbocycles. The largest absolute Gasteiger partial charge is 0.311 e. The van der Waals surface area contributed by atoms with Gasteiger partial charge in [0.15, 0.2) is 5.65 Å². The molecule has 1 fully saturated rings. The van der Waals surface area contributed by atoms with E-state index in [1.54, 1.807) is 6.20 Å². The van der Waals surface area contributed by atoms with Crippen LogP contribution in [0.5, 0.6) is 0 Å². The zero-order valence-corrected chi connectivity index (χ0v) is 8.73. The predicted molar refractivity (Wildman–Crippen MR) is 59.9 cm³/mol. The third kappa shape index (κ3) is 1.76. The van der Waals surface area contributed by atoms with Crippen LogP contribution in [-0.2, 0) is 4.79 Å². The molecule has 0 bridgehead atoms. The van der Waals surface area contributed by atoms with Crippen LogP contribution >= 0.6 is 0 Å². The molecule has 5 nitrogen and oxygen atoms in total. The lowest BCUT2D eigenvalue weighted by molar-refractivity contribution is -0.116. The van der Waals surface area contributed by atoms with E-state index in [1.807, 2.05) is 12.1 Å². The Hall–Kier alpha value is -1.91. The lowest BCUT2D eigenvalue weighted by Crippen LogP contribution is -2.12. The SMILES string of the molecule is O=C(CC1CC1)Nc1[nH]nc2ncccc12. The maximum atomic E-state index is 11.6. The van der Waals surface area contributed by atoms with Crippen molar-refractivity contribution in [2.45, 2.75) is 19.3 Å². The van der Waals surface area contributed by atoms with Gasteiger partial charge < -0.3 is 5.32 Å². The zero-order chi connectivity index (χ0) is 11.0. The molecule has 0 unspecified atom stereocenters. The van der Waals surface area contributed by atoms with E-state index in [1.165, 1.54) is 12.8 Å². The summed E-state index contributed by atoms with van der Waals surface area (Å²) in [7, 11) is 0. The van der Waals surface area contributed by atoms with E-state index in [-0.39, 0.29) is 5.91 Å². The Kier molecular flexibility index (Phi) is 2.09. The van der Waals surface area contributed by atoms with E-state index >= 15 is 0 Å². The fraction of sp³-hybridized carbons (Fsp3) is 0.364. The minimum absolute atomic E-state index is 0.0527. The third-order valence-corrected chi connectivity index (χ3v) is 2.77. The van der Waals surface area contributed by atoms with E-state index in [2.05, 4.69) is 20.5 Å². The molecule has 16 heavy (non-hydrogen) atoms. The first-order valence-corrected chi connectivity index (χ1v) is 5.42. The Bertz CT molecular complexity index is 530. The van der Waals surface area contributed by atoms with Crippen molar-refractivity contribution in [3.63, 3.8) is 0 Å². The fourth-order valence-electron chi connectivity index (χ4n) is 1.72. The molecular formula is C11H12N4O. The number of fused-ring (bicyclic) bond motifs is 1. The van der Waals surface area contributed by atoms with Gasteiger partial charge >= 0.3 is 0 Å². The maximum Gasteiger partial charge on any atom is 0.225 e. The molecule has 0 aromatic carbocycles. The lowest BCUT2D eigenvalue weighted by atomic mass is 10.2. The number of aromatic amines is 1. The average molecular weight is 216 g/mol. The number of carbonyl (C=O) groups is 1. The third-order valence-electron chi connectivity index (χ3n) is 2.77. The standard InChI is InChI=1S/C11H12N4O/c16-9(6-7-3-4-7)13-11-8-2-1-5-12-10(8)14-15-11/h1-2,5,7H,3-4,6H2,(H2,12,13,14,15,16). The van der Waals surface area contributed by atoms with Crippen molar-refractivity contribution in [3.05, 3.63) is 18.3 Å². The topological polar surface area (TPSA) is 70.7 Å². The molecule has 1 aliphatic rings. The summed E-state index contributed by atoms with van der Waals surface area (Å²) in [6, 6.07) is 3.72. The van der Waals surface area contributed by atoms with Crippen molar-refractivity contribution in [2.24, 2.45) is 5.92 Å². The molecule has 1 amide bonds. The van der Waals surface area contributed by atoms with Crippen molar-refractivity contribution in [1.29, 1.82) is 0 Å². The van der Waals surface area contributed by atoms with Crippen LogP contribution < -0.4 is 5.32 Å². The first-order valence-electron chi connectivity index (χ1n) is 5.42. The van der Waals surface area contributed by atoms with Gasteiger partial charge in [-0.1, -0.05) is 0 Å². The summed E-state index contributed by atoms with van der Waals surface area (Å²) in [4.78, 5) is 15.7. The van der Waals surface area contributed by atoms with Crippen molar-refractivity contribution in [2.75, 3.05) is 5.32 Å². The Morgan fingerprint density at radius 3 is 3.25 bits per heavy atom. The Labute approximate surface area is 92.3 Å². The van der Waals surface area contributed by atoms with Crippen LogP contribution in [0.25, 0.3) is 11.0 Å². The van der Waals surface area contributed by atoms with Gasteiger partial charge in [-0.15, -0.1) is 0 Å². The molecule has 2 N–H and O–H groups in total. The van der Waals surface area contributed by atoms with Crippen LogP contribution in [0.4, 0.5) is 5.82 Å². The van der Waals surface area contributed by atoms with Gasteiger partial charge in [-0.05, 0) is 30.9 Å². The number of anilines is 1. The second-order valence-electron chi connectivity index (χ2n) is 4.17. The van der Waals surface area contributed by atoms with Gasteiger partial charge in [0.1, 0.15) is 5.82 Å². The average Bonchev–Trinajstić information content (AvgIpc) is 3.00. The Morgan fingerprint density at radius 2 is 2.44 bits per heavy atom. The summed E-state index contributed by atoms with van der Waals surface area (Å²) in [5, 5.41) is 10.5. The number of rotatable bonds is 3. The number of hydrogen-bond donors (Lipinski definition) is 2. The smallest absolute Gasteiger partial charge is 0.225 e. The van der Waals surface area contributed by atoms with Gasteiger partial charge in [0.05, 0.1) is 5.39 Å². The minimum Gasteiger partial charge on any atom is -0.311 e. The maximum absolute atomic E-state index is 11.6. The van der Waals surface area contributed by atoms with Gasteiger partial charge in [0.2, 0.25) is 5.91 Å². The number of amides is 1. The highest BCUT2D eigenvalue weighted by Crippen LogP contribution is 2.32. The van der Waals surface area contributed by atoms with Crippen molar-refractivity contribution >= 4 is 22.8 Å². The molecule has 0 aliphatic heterocycles. The minimum atomic E-state index is 0.0527. The van der Waals surface area contributed by atoms with Crippen molar-refractivity contribution in [3.8, 4) is 0 Å². The van der Waals surface area contributed by atoms with Crippen molar-refractivity contribution in [1.82, 2.24) is 15.2 Å². The van der Waals surface area contributed by atoms with Gasteiger partial charge in [-0.25, -0.2) is 4.98 Å². The molecule has 0 atom stereocenters. The molecule has 0 spiro atoms. The molecule has 2 aromatic rings. The zero-order valence-electron chi connectivity index (χ0n) is 8.73.